The summed E-state index contributed by atoms with van der Waals surface area (Å²) in [6.07, 6.45) is 0. The fraction of sp³-hybridized carbons (Fsp3) is 0.214. The molecule has 106 valence electrons. The molecular weight excluding hydrogens is 284 g/mol. The van der Waals surface area contributed by atoms with Crippen molar-refractivity contribution in [2.24, 2.45) is 0 Å². The van der Waals surface area contributed by atoms with Gasteiger partial charge in [-0.2, -0.15) is 0 Å². The first-order valence-electron chi connectivity index (χ1n) is 5.90. The SMILES string of the molecule is CC(NCc1cccs1)(C(=O)O)c1cc(F)ccc1F. The van der Waals surface area contributed by atoms with E-state index in [9.17, 15) is 18.7 Å². The van der Waals surface area contributed by atoms with Crippen LogP contribution in [0, 0.1) is 11.6 Å². The summed E-state index contributed by atoms with van der Waals surface area (Å²) in [4.78, 5) is 12.4. The Labute approximate surface area is 118 Å². The minimum Gasteiger partial charge on any atom is -0.480 e. The summed E-state index contributed by atoms with van der Waals surface area (Å²) >= 11 is 1.45. The Morgan fingerprint density at radius 2 is 2.15 bits per heavy atom. The summed E-state index contributed by atoms with van der Waals surface area (Å²) in [5.74, 6) is -2.69. The molecule has 6 heteroatoms. The molecule has 0 bridgehead atoms. The Bertz CT molecular complexity index is 616. The first-order chi connectivity index (χ1) is 9.43. The van der Waals surface area contributed by atoms with Gasteiger partial charge in [0.25, 0.3) is 0 Å². The molecule has 1 atom stereocenters. The van der Waals surface area contributed by atoms with Gasteiger partial charge in [-0.3, -0.25) is 5.32 Å². The third-order valence-corrected chi connectivity index (χ3v) is 3.97. The van der Waals surface area contributed by atoms with Gasteiger partial charge in [0.2, 0.25) is 0 Å². The van der Waals surface area contributed by atoms with Crippen molar-refractivity contribution in [1.82, 2.24) is 5.32 Å². The van der Waals surface area contributed by atoms with Crippen LogP contribution < -0.4 is 5.32 Å². The van der Waals surface area contributed by atoms with E-state index in [0.29, 0.717) is 0 Å². The minimum atomic E-state index is -1.70. The molecule has 1 aromatic carbocycles. The molecule has 0 saturated heterocycles. The molecule has 2 rings (SSSR count). The highest BCUT2D eigenvalue weighted by Gasteiger charge is 2.37. The lowest BCUT2D eigenvalue weighted by molar-refractivity contribution is -0.144. The molecule has 3 nitrogen and oxygen atoms in total. The largest absolute Gasteiger partial charge is 0.480 e. The third kappa shape index (κ3) is 2.86. The van der Waals surface area contributed by atoms with Crippen molar-refractivity contribution in [3.05, 3.63) is 57.8 Å². The van der Waals surface area contributed by atoms with E-state index >= 15 is 0 Å². The van der Waals surface area contributed by atoms with E-state index < -0.39 is 23.1 Å². The fourth-order valence-corrected chi connectivity index (χ4v) is 2.49. The first-order valence-corrected chi connectivity index (χ1v) is 6.78. The lowest BCUT2D eigenvalue weighted by Gasteiger charge is -2.27. The number of hydrogen-bond donors (Lipinski definition) is 2. The number of carboxylic acid groups (broad SMARTS) is 1. The van der Waals surface area contributed by atoms with E-state index in [1.807, 2.05) is 17.5 Å². The Kier molecular flexibility index (Phi) is 4.15. The number of carbonyl (C=O) groups is 1. The highest BCUT2D eigenvalue weighted by atomic mass is 32.1. The van der Waals surface area contributed by atoms with Crippen LogP contribution in [0.4, 0.5) is 8.78 Å². The Hall–Kier alpha value is -1.79. The van der Waals surface area contributed by atoms with Gasteiger partial charge in [0.05, 0.1) is 0 Å². The molecule has 0 amide bonds. The molecule has 2 N–H and O–H groups in total. The zero-order valence-electron chi connectivity index (χ0n) is 10.7. The molecule has 0 spiro atoms. The van der Waals surface area contributed by atoms with Crippen molar-refractivity contribution in [2.45, 2.75) is 19.0 Å². The maximum Gasteiger partial charge on any atom is 0.328 e. The zero-order chi connectivity index (χ0) is 14.8. The highest BCUT2D eigenvalue weighted by molar-refractivity contribution is 7.09. The van der Waals surface area contributed by atoms with Crippen LogP contribution >= 0.6 is 11.3 Å². The number of carboxylic acids is 1. The molecule has 0 fully saturated rings. The van der Waals surface area contributed by atoms with Crippen LogP contribution in [0.15, 0.2) is 35.7 Å². The average molecular weight is 297 g/mol. The standard InChI is InChI=1S/C14H13F2NO2S/c1-14(13(18)19,17-8-10-3-2-6-20-10)11-7-9(15)4-5-12(11)16/h2-7,17H,8H2,1H3,(H,18,19). The van der Waals surface area contributed by atoms with E-state index in [1.165, 1.54) is 18.3 Å². The molecule has 2 aromatic rings. The third-order valence-electron chi connectivity index (χ3n) is 3.09. The molecule has 1 unspecified atom stereocenters. The second-order valence-corrected chi connectivity index (χ2v) is 5.52. The minimum absolute atomic E-state index is 0.221. The lowest BCUT2D eigenvalue weighted by Crippen LogP contribution is -2.46. The molecule has 0 aliphatic carbocycles. The highest BCUT2D eigenvalue weighted by Crippen LogP contribution is 2.26. The number of aliphatic carboxylic acids is 1. The summed E-state index contributed by atoms with van der Waals surface area (Å²) < 4.78 is 27.1. The Balaban J connectivity index is 2.33. The predicted molar refractivity (Wildman–Crippen MR) is 72.5 cm³/mol. The molecule has 0 radical (unpaired) electrons. The molecule has 0 aliphatic rings. The normalized spacial score (nSPS) is 13.9. The van der Waals surface area contributed by atoms with Gasteiger partial charge in [0, 0.05) is 17.0 Å². The number of hydrogen-bond acceptors (Lipinski definition) is 3. The van der Waals surface area contributed by atoms with Gasteiger partial charge in [-0.25, -0.2) is 13.6 Å². The predicted octanol–water partition coefficient (Wildman–Crippen LogP) is 3.12. The molecule has 0 saturated carbocycles. The monoisotopic (exact) mass is 297 g/mol. The van der Waals surface area contributed by atoms with Crippen molar-refractivity contribution in [1.29, 1.82) is 0 Å². The zero-order valence-corrected chi connectivity index (χ0v) is 11.5. The lowest BCUT2D eigenvalue weighted by atomic mass is 9.91. The number of nitrogens with one attached hydrogen (secondary N) is 1. The van der Waals surface area contributed by atoms with Crippen molar-refractivity contribution >= 4 is 17.3 Å². The van der Waals surface area contributed by atoms with E-state index in [4.69, 9.17) is 0 Å². The van der Waals surface area contributed by atoms with Crippen LogP contribution in [0.1, 0.15) is 17.4 Å². The summed E-state index contributed by atoms with van der Waals surface area (Å²) in [6, 6.07) is 6.47. The smallest absolute Gasteiger partial charge is 0.328 e. The number of halogens is 2. The van der Waals surface area contributed by atoms with Gasteiger partial charge in [-0.15, -0.1) is 11.3 Å². The van der Waals surface area contributed by atoms with Crippen LogP contribution in [-0.2, 0) is 16.9 Å². The van der Waals surface area contributed by atoms with E-state index in [2.05, 4.69) is 5.32 Å². The quantitative estimate of drug-likeness (QED) is 0.891. The van der Waals surface area contributed by atoms with Crippen LogP contribution in [-0.4, -0.2) is 11.1 Å². The van der Waals surface area contributed by atoms with Gasteiger partial charge in [-0.1, -0.05) is 6.07 Å². The number of benzene rings is 1. The summed E-state index contributed by atoms with van der Waals surface area (Å²) in [6.45, 7) is 1.58. The van der Waals surface area contributed by atoms with Crippen LogP contribution in [0.2, 0.25) is 0 Å². The molecule has 0 aliphatic heterocycles. The second-order valence-electron chi connectivity index (χ2n) is 4.49. The van der Waals surface area contributed by atoms with Crippen LogP contribution in [0.5, 0.6) is 0 Å². The Morgan fingerprint density at radius 1 is 1.40 bits per heavy atom. The summed E-state index contributed by atoms with van der Waals surface area (Å²) in [5, 5.41) is 14.0. The van der Waals surface area contributed by atoms with Gasteiger partial charge < -0.3 is 5.11 Å². The van der Waals surface area contributed by atoms with Crippen molar-refractivity contribution in [3.63, 3.8) is 0 Å². The van der Waals surface area contributed by atoms with E-state index in [0.717, 1.165) is 23.1 Å². The van der Waals surface area contributed by atoms with Crippen molar-refractivity contribution in [3.8, 4) is 0 Å². The second kappa shape index (κ2) is 5.68. The Morgan fingerprint density at radius 3 is 2.75 bits per heavy atom. The van der Waals surface area contributed by atoms with Gasteiger partial charge >= 0.3 is 5.97 Å². The van der Waals surface area contributed by atoms with Crippen LogP contribution in [0.25, 0.3) is 0 Å². The topological polar surface area (TPSA) is 49.3 Å². The van der Waals surface area contributed by atoms with Crippen molar-refractivity contribution in [2.75, 3.05) is 0 Å². The van der Waals surface area contributed by atoms with Crippen molar-refractivity contribution < 1.29 is 18.7 Å². The molecule has 20 heavy (non-hydrogen) atoms. The molecule has 1 heterocycles. The van der Waals surface area contributed by atoms with Gasteiger partial charge in [-0.05, 0) is 36.6 Å². The maximum atomic E-state index is 13.8. The average Bonchev–Trinajstić information content (AvgIpc) is 2.92. The number of rotatable bonds is 5. The molecule has 1 aromatic heterocycles. The van der Waals surface area contributed by atoms with E-state index in [1.54, 1.807) is 0 Å². The summed E-state index contributed by atoms with van der Waals surface area (Å²) in [5.41, 5.74) is -1.92. The van der Waals surface area contributed by atoms with Crippen LogP contribution in [0.3, 0.4) is 0 Å². The molecular formula is C14H13F2NO2S. The van der Waals surface area contributed by atoms with E-state index in [-0.39, 0.29) is 12.1 Å². The summed E-state index contributed by atoms with van der Waals surface area (Å²) in [7, 11) is 0. The van der Waals surface area contributed by atoms with Gasteiger partial charge in [0.15, 0.2) is 0 Å². The number of thiophene rings is 1. The maximum absolute atomic E-state index is 13.8. The first kappa shape index (κ1) is 14.6. The van der Waals surface area contributed by atoms with Gasteiger partial charge in [0.1, 0.15) is 17.2 Å². The fourth-order valence-electron chi connectivity index (χ4n) is 1.84.